The Kier molecular flexibility index (Phi) is 6.70. The SMILES string of the molecule is BC(Nc1cc(Cl)c2ncc(C#N)c(N[C@@H]3CCCCC3(C)C)c2c1)(c1ccc(F)cc1)c1cn(C2CC2)nn1. The maximum absolute atomic E-state index is 13.9. The van der Waals surface area contributed by atoms with Crippen LogP contribution in [0, 0.1) is 22.6 Å². The molecule has 2 aromatic heterocycles. The van der Waals surface area contributed by atoms with Crippen molar-refractivity contribution in [3.63, 3.8) is 0 Å². The van der Waals surface area contributed by atoms with Crippen LogP contribution in [0.15, 0.2) is 48.8 Å². The minimum atomic E-state index is -0.836. The molecule has 2 saturated carbocycles. The highest BCUT2D eigenvalue weighted by Crippen LogP contribution is 2.41. The molecule has 2 N–H and O–H groups in total. The normalized spacial score (nSPS) is 20.0. The van der Waals surface area contributed by atoms with Gasteiger partial charge in [0.15, 0.2) is 0 Å². The number of nitrogens with one attached hydrogen (secondary N) is 2. The molecule has 0 amide bonds. The molecule has 2 atom stereocenters. The van der Waals surface area contributed by atoms with Crippen molar-refractivity contribution in [1.29, 1.82) is 5.26 Å². The number of fused-ring (bicyclic) bond motifs is 1. The van der Waals surface area contributed by atoms with Gasteiger partial charge in [0.05, 0.1) is 39.5 Å². The summed E-state index contributed by atoms with van der Waals surface area (Å²) in [6.07, 6.45) is 10.3. The monoisotopic (exact) mass is 555 g/mol. The third-order valence-corrected chi connectivity index (χ3v) is 8.92. The minimum absolute atomic E-state index is 0.0920. The van der Waals surface area contributed by atoms with Gasteiger partial charge in [0, 0.05) is 23.3 Å². The van der Waals surface area contributed by atoms with E-state index in [0.29, 0.717) is 27.8 Å². The highest BCUT2D eigenvalue weighted by Gasteiger charge is 2.35. The zero-order chi connectivity index (χ0) is 28.1. The van der Waals surface area contributed by atoms with E-state index in [4.69, 9.17) is 11.6 Å². The molecule has 204 valence electrons. The molecule has 0 spiro atoms. The second-order valence-electron chi connectivity index (χ2n) is 12.0. The van der Waals surface area contributed by atoms with Crippen molar-refractivity contribution in [1.82, 2.24) is 20.0 Å². The van der Waals surface area contributed by atoms with E-state index in [1.807, 2.05) is 30.9 Å². The molecular formula is C30H32BClFN7. The smallest absolute Gasteiger partial charge is 0.148 e. The standard InChI is InChI=1S/C30H32BClFN7/c1-29(2)12-4-3-5-25(29)36-27-18(15-34)16-35-28-23(27)13-21(14-24(28)32)37-30(31,19-6-8-20(33)9-7-19)26-17-40(39-38-26)22-10-11-22/h6-9,13-14,16-17,22,25,37H,3-5,10-12,31H2,1-2H3,(H,35,36)/t25-,30?/m1/s1. The minimum Gasteiger partial charge on any atom is -0.380 e. The number of hydrogen-bond acceptors (Lipinski definition) is 6. The summed E-state index contributed by atoms with van der Waals surface area (Å²) >= 11 is 6.83. The predicted molar refractivity (Wildman–Crippen MR) is 159 cm³/mol. The molecule has 0 aliphatic heterocycles. The van der Waals surface area contributed by atoms with Crippen LogP contribution in [0.4, 0.5) is 15.8 Å². The van der Waals surface area contributed by atoms with Crippen LogP contribution in [-0.2, 0) is 5.44 Å². The molecule has 2 aliphatic rings. The first kappa shape index (κ1) is 26.6. The lowest BCUT2D eigenvalue weighted by Gasteiger charge is -2.40. The Labute approximate surface area is 239 Å². The first-order valence-electron chi connectivity index (χ1n) is 13.9. The van der Waals surface area contributed by atoms with Gasteiger partial charge < -0.3 is 10.6 Å². The van der Waals surface area contributed by atoms with Crippen LogP contribution < -0.4 is 10.6 Å². The third-order valence-electron chi connectivity index (χ3n) is 8.63. The fraction of sp³-hybridized carbons (Fsp3) is 0.400. The van der Waals surface area contributed by atoms with Crippen LogP contribution >= 0.6 is 11.6 Å². The fourth-order valence-corrected chi connectivity index (χ4v) is 6.16. The van der Waals surface area contributed by atoms with Crippen LogP contribution in [-0.4, -0.2) is 33.9 Å². The second-order valence-corrected chi connectivity index (χ2v) is 12.4. The van der Waals surface area contributed by atoms with Crippen molar-refractivity contribution >= 4 is 41.7 Å². The Morgan fingerprint density at radius 1 is 1.18 bits per heavy atom. The van der Waals surface area contributed by atoms with Crippen molar-refractivity contribution in [2.75, 3.05) is 10.6 Å². The lowest BCUT2D eigenvalue weighted by Crippen LogP contribution is -2.39. The van der Waals surface area contributed by atoms with Gasteiger partial charge in [-0.2, -0.15) is 5.26 Å². The summed E-state index contributed by atoms with van der Waals surface area (Å²) in [5, 5.41) is 27.5. The molecule has 2 aromatic carbocycles. The number of halogens is 2. The van der Waals surface area contributed by atoms with Crippen LogP contribution in [0.3, 0.4) is 0 Å². The molecule has 7 nitrogen and oxygen atoms in total. The van der Waals surface area contributed by atoms with Crippen LogP contribution in [0.2, 0.25) is 5.02 Å². The molecule has 0 radical (unpaired) electrons. The molecule has 6 rings (SSSR count). The average molecular weight is 556 g/mol. The Bertz CT molecular complexity index is 1610. The van der Waals surface area contributed by atoms with Crippen molar-refractivity contribution in [2.24, 2.45) is 5.41 Å². The van der Waals surface area contributed by atoms with E-state index in [1.165, 1.54) is 18.6 Å². The lowest BCUT2D eigenvalue weighted by molar-refractivity contribution is 0.217. The van der Waals surface area contributed by atoms with Gasteiger partial charge >= 0.3 is 0 Å². The van der Waals surface area contributed by atoms with Gasteiger partial charge in [0.1, 0.15) is 25.4 Å². The Balaban J connectivity index is 1.45. The Morgan fingerprint density at radius 2 is 1.95 bits per heavy atom. The molecule has 2 aliphatic carbocycles. The van der Waals surface area contributed by atoms with E-state index in [2.05, 4.69) is 45.8 Å². The topological polar surface area (TPSA) is 91.5 Å². The number of pyridine rings is 1. The molecule has 0 bridgehead atoms. The van der Waals surface area contributed by atoms with Crippen LogP contribution in [0.1, 0.15) is 75.2 Å². The zero-order valence-corrected chi connectivity index (χ0v) is 23.8. The molecule has 2 fully saturated rings. The summed E-state index contributed by atoms with van der Waals surface area (Å²) in [5.41, 5.74) is 3.40. The molecule has 0 saturated heterocycles. The van der Waals surface area contributed by atoms with Crippen molar-refractivity contribution in [3.05, 3.63) is 76.5 Å². The molecule has 40 heavy (non-hydrogen) atoms. The summed E-state index contributed by atoms with van der Waals surface area (Å²) in [7, 11) is 2.01. The van der Waals surface area contributed by atoms with E-state index < -0.39 is 5.44 Å². The Hall–Kier alpha value is -3.64. The molecule has 2 heterocycles. The number of nitrogens with zero attached hydrogens (tertiary/aromatic N) is 5. The summed E-state index contributed by atoms with van der Waals surface area (Å²) in [6.45, 7) is 4.56. The van der Waals surface area contributed by atoms with Crippen LogP contribution in [0.5, 0.6) is 0 Å². The predicted octanol–water partition coefficient (Wildman–Crippen LogP) is 6.15. The van der Waals surface area contributed by atoms with Gasteiger partial charge in [0.2, 0.25) is 0 Å². The van der Waals surface area contributed by atoms with Gasteiger partial charge in [0.25, 0.3) is 0 Å². The highest BCUT2D eigenvalue weighted by molar-refractivity contribution is 6.36. The second kappa shape index (κ2) is 10.1. The van der Waals surface area contributed by atoms with E-state index in [-0.39, 0.29) is 17.3 Å². The maximum atomic E-state index is 13.9. The summed E-state index contributed by atoms with van der Waals surface area (Å²) in [6, 6.07) is 13.2. The number of anilines is 2. The number of benzene rings is 2. The molecule has 10 heteroatoms. The van der Waals surface area contributed by atoms with Crippen molar-refractivity contribution in [3.8, 4) is 6.07 Å². The van der Waals surface area contributed by atoms with Crippen LogP contribution in [0.25, 0.3) is 10.9 Å². The number of aromatic nitrogens is 4. The van der Waals surface area contributed by atoms with Gasteiger partial charge in [-0.25, -0.2) is 9.07 Å². The summed E-state index contributed by atoms with van der Waals surface area (Å²) < 4.78 is 15.8. The van der Waals surface area contributed by atoms with E-state index >= 15 is 0 Å². The number of rotatable bonds is 7. The van der Waals surface area contributed by atoms with E-state index in [9.17, 15) is 9.65 Å². The average Bonchev–Trinajstić information content (AvgIpc) is 3.65. The first-order valence-corrected chi connectivity index (χ1v) is 14.3. The molecule has 1 unspecified atom stereocenters. The fourth-order valence-electron chi connectivity index (χ4n) is 5.89. The molecular weight excluding hydrogens is 524 g/mol. The molecule has 4 aromatic rings. The van der Waals surface area contributed by atoms with Gasteiger partial charge in [-0.05, 0) is 60.9 Å². The zero-order valence-electron chi connectivity index (χ0n) is 23.0. The number of hydrogen-bond donors (Lipinski definition) is 2. The van der Waals surface area contributed by atoms with Crippen molar-refractivity contribution in [2.45, 2.75) is 69.9 Å². The summed E-state index contributed by atoms with van der Waals surface area (Å²) in [5.74, 6) is -0.307. The third kappa shape index (κ3) is 4.90. The van der Waals surface area contributed by atoms with Gasteiger partial charge in [-0.3, -0.25) is 4.98 Å². The van der Waals surface area contributed by atoms with Gasteiger partial charge in [-0.15, -0.1) is 5.10 Å². The quantitative estimate of drug-likeness (QED) is 0.266. The summed E-state index contributed by atoms with van der Waals surface area (Å²) in [4.78, 5) is 4.55. The maximum Gasteiger partial charge on any atom is 0.148 e. The Morgan fingerprint density at radius 3 is 2.65 bits per heavy atom. The highest BCUT2D eigenvalue weighted by atomic mass is 35.5. The lowest BCUT2D eigenvalue weighted by atomic mass is 9.69. The van der Waals surface area contributed by atoms with Gasteiger partial charge in [-0.1, -0.05) is 55.6 Å². The largest absolute Gasteiger partial charge is 0.380 e. The first-order chi connectivity index (χ1) is 19.2. The number of nitriles is 1. The van der Waals surface area contributed by atoms with Crippen molar-refractivity contribution < 1.29 is 4.39 Å². The van der Waals surface area contributed by atoms with E-state index in [1.54, 1.807) is 18.3 Å². The van der Waals surface area contributed by atoms with E-state index in [0.717, 1.165) is 54.4 Å².